The number of carbonyl (C=O) groups excluding carboxylic acids is 3. The van der Waals surface area contributed by atoms with Crippen LogP contribution in [0.25, 0.3) is 0 Å². The van der Waals surface area contributed by atoms with Gasteiger partial charge in [-0.1, -0.05) is 201 Å². The van der Waals surface area contributed by atoms with E-state index in [9.17, 15) is 14.4 Å². The number of allylic oxidation sites excluding steroid dienone is 18. The Labute approximate surface area is 406 Å². The van der Waals surface area contributed by atoms with E-state index in [-0.39, 0.29) is 37.5 Å². The lowest BCUT2D eigenvalue weighted by atomic mass is 10.1. The molecule has 0 saturated heterocycles. The molecule has 0 aromatic carbocycles. The maximum Gasteiger partial charge on any atom is 0.306 e. The van der Waals surface area contributed by atoms with E-state index >= 15 is 0 Å². The molecule has 0 aromatic heterocycles. The van der Waals surface area contributed by atoms with Crippen LogP contribution in [0.1, 0.15) is 233 Å². The van der Waals surface area contributed by atoms with Gasteiger partial charge in [0.1, 0.15) is 13.2 Å². The molecule has 0 aliphatic heterocycles. The van der Waals surface area contributed by atoms with Gasteiger partial charge in [-0.15, -0.1) is 0 Å². The van der Waals surface area contributed by atoms with E-state index in [1.54, 1.807) is 0 Å². The summed E-state index contributed by atoms with van der Waals surface area (Å²) in [7, 11) is 0. The van der Waals surface area contributed by atoms with Gasteiger partial charge in [0.15, 0.2) is 6.10 Å². The van der Waals surface area contributed by atoms with E-state index < -0.39 is 6.10 Å². The van der Waals surface area contributed by atoms with Crippen LogP contribution in [-0.4, -0.2) is 37.2 Å². The van der Waals surface area contributed by atoms with E-state index in [1.807, 2.05) is 0 Å². The van der Waals surface area contributed by atoms with Crippen molar-refractivity contribution in [2.24, 2.45) is 0 Å². The minimum atomic E-state index is -0.816. The van der Waals surface area contributed by atoms with Gasteiger partial charge in [-0.25, -0.2) is 0 Å². The Kier molecular flexibility index (Phi) is 50.5. The quantitative estimate of drug-likeness (QED) is 0.0262. The van der Waals surface area contributed by atoms with Gasteiger partial charge in [0.05, 0.1) is 0 Å². The van der Waals surface area contributed by atoms with Crippen LogP contribution < -0.4 is 0 Å². The number of ether oxygens (including phenoxy) is 3. The molecule has 0 bridgehead atoms. The summed E-state index contributed by atoms with van der Waals surface area (Å²) in [6, 6.07) is 0. The number of hydrogen-bond donors (Lipinski definition) is 0. The van der Waals surface area contributed by atoms with Crippen LogP contribution in [0.2, 0.25) is 0 Å². The van der Waals surface area contributed by atoms with Gasteiger partial charge in [0.2, 0.25) is 0 Å². The smallest absolute Gasteiger partial charge is 0.306 e. The fraction of sp³-hybridized carbons (Fsp3) is 0.650. The molecule has 0 N–H and O–H groups in total. The molecule has 6 nitrogen and oxygen atoms in total. The molecule has 0 aromatic rings. The Bertz CT molecular complexity index is 1370. The Morgan fingerprint density at radius 1 is 0.318 bits per heavy atom. The fourth-order valence-corrected chi connectivity index (χ4v) is 6.95. The molecule has 0 aliphatic carbocycles. The molecule has 66 heavy (non-hydrogen) atoms. The van der Waals surface area contributed by atoms with Gasteiger partial charge in [0.25, 0.3) is 0 Å². The van der Waals surface area contributed by atoms with Crippen molar-refractivity contribution in [3.8, 4) is 0 Å². The largest absolute Gasteiger partial charge is 0.462 e. The minimum absolute atomic E-state index is 0.111. The summed E-state index contributed by atoms with van der Waals surface area (Å²) in [6.07, 6.45) is 72.1. The van der Waals surface area contributed by atoms with Crippen LogP contribution in [0.4, 0.5) is 0 Å². The predicted molar refractivity (Wildman–Crippen MR) is 283 cm³/mol. The number of hydrogen-bond acceptors (Lipinski definition) is 6. The Morgan fingerprint density at radius 2 is 0.606 bits per heavy atom. The summed E-state index contributed by atoms with van der Waals surface area (Å²) in [5, 5.41) is 0. The van der Waals surface area contributed by atoms with Gasteiger partial charge in [-0.05, 0) is 122 Å². The summed E-state index contributed by atoms with van der Waals surface area (Å²) in [4.78, 5) is 38.0. The highest BCUT2D eigenvalue weighted by Crippen LogP contribution is 2.13. The second kappa shape index (κ2) is 53.7. The van der Waals surface area contributed by atoms with Crippen LogP contribution in [-0.2, 0) is 28.6 Å². The first-order valence-corrected chi connectivity index (χ1v) is 26.9. The fourth-order valence-electron chi connectivity index (χ4n) is 6.95. The monoisotopic (exact) mass is 915 g/mol. The SMILES string of the molecule is CC/C=C\C/C=C\C/C=C\C/C=C\C/C=C\CCCC(=O)OCC(COC(=O)CCCCCCC/C=C\C/C=C\CCCCC)OC(=O)CCCCCCC/C=C\C/C=C\CCCCCC. The minimum Gasteiger partial charge on any atom is -0.462 e. The van der Waals surface area contributed by atoms with Gasteiger partial charge < -0.3 is 14.2 Å². The molecular formula is C60H98O6. The molecule has 0 fully saturated rings. The van der Waals surface area contributed by atoms with Crippen molar-refractivity contribution in [1.29, 1.82) is 0 Å². The molecule has 0 heterocycles. The molecule has 0 rings (SSSR count). The third kappa shape index (κ3) is 51.1. The number of esters is 3. The van der Waals surface area contributed by atoms with Gasteiger partial charge in [0, 0.05) is 19.3 Å². The lowest BCUT2D eigenvalue weighted by Crippen LogP contribution is -2.30. The van der Waals surface area contributed by atoms with Crippen molar-refractivity contribution in [3.63, 3.8) is 0 Å². The van der Waals surface area contributed by atoms with Crippen molar-refractivity contribution in [2.75, 3.05) is 13.2 Å². The van der Waals surface area contributed by atoms with Gasteiger partial charge in [-0.2, -0.15) is 0 Å². The third-order valence-corrected chi connectivity index (χ3v) is 11.0. The molecular weight excluding hydrogens is 817 g/mol. The number of unbranched alkanes of at least 4 members (excludes halogenated alkanes) is 18. The predicted octanol–water partition coefficient (Wildman–Crippen LogP) is 17.9. The first kappa shape index (κ1) is 62.1. The first-order valence-electron chi connectivity index (χ1n) is 26.9. The average Bonchev–Trinajstić information content (AvgIpc) is 3.31. The van der Waals surface area contributed by atoms with Crippen molar-refractivity contribution in [1.82, 2.24) is 0 Å². The second-order valence-electron chi connectivity index (χ2n) is 17.4. The zero-order valence-electron chi connectivity index (χ0n) is 42.7. The molecule has 0 amide bonds. The molecule has 0 spiro atoms. The summed E-state index contributed by atoms with van der Waals surface area (Å²) in [5.74, 6) is -1.00. The second-order valence-corrected chi connectivity index (χ2v) is 17.4. The number of carbonyl (C=O) groups is 3. The van der Waals surface area contributed by atoms with Crippen molar-refractivity contribution in [3.05, 3.63) is 109 Å². The molecule has 374 valence electrons. The highest BCUT2D eigenvalue weighted by Gasteiger charge is 2.19. The van der Waals surface area contributed by atoms with E-state index in [0.717, 1.165) is 128 Å². The normalized spacial score (nSPS) is 13.0. The van der Waals surface area contributed by atoms with Gasteiger partial charge in [-0.3, -0.25) is 14.4 Å². The third-order valence-electron chi connectivity index (χ3n) is 11.0. The van der Waals surface area contributed by atoms with Crippen molar-refractivity contribution in [2.45, 2.75) is 239 Å². The molecule has 0 aliphatic rings. The summed E-state index contributed by atoms with van der Waals surface area (Å²) in [5.41, 5.74) is 0. The summed E-state index contributed by atoms with van der Waals surface area (Å²) >= 11 is 0. The Morgan fingerprint density at radius 3 is 1.02 bits per heavy atom. The van der Waals surface area contributed by atoms with Crippen molar-refractivity contribution >= 4 is 17.9 Å². The Balaban J connectivity index is 4.54. The van der Waals surface area contributed by atoms with Crippen LogP contribution in [0.3, 0.4) is 0 Å². The Hall–Kier alpha value is -3.93. The van der Waals surface area contributed by atoms with E-state index in [2.05, 4.69) is 130 Å². The molecule has 0 saturated carbocycles. The maximum atomic E-state index is 12.8. The van der Waals surface area contributed by atoms with Crippen LogP contribution in [0.5, 0.6) is 0 Å². The topological polar surface area (TPSA) is 78.9 Å². The van der Waals surface area contributed by atoms with Crippen LogP contribution in [0, 0.1) is 0 Å². The lowest BCUT2D eigenvalue weighted by molar-refractivity contribution is -0.167. The summed E-state index contributed by atoms with van der Waals surface area (Å²) < 4.78 is 16.8. The number of rotatable bonds is 47. The molecule has 0 radical (unpaired) electrons. The molecule has 1 unspecified atom stereocenters. The van der Waals surface area contributed by atoms with Gasteiger partial charge >= 0.3 is 17.9 Å². The summed E-state index contributed by atoms with van der Waals surface area (Å²) in [6.45, 7) is 6.40. The van der Waals surface area contributed by atoms with Crippen LogP contribution in [0.15, 0.2) is 109 Å². The highest BCUT2D eigenvalue weighted by molar-refractivity contribution is 5.71. The van der Waals surface area contributed by atoms with E-state index in [0.29, 0.717) is 19.3 Å². The van der Waals surface area contributed by atoms with E-state index in [1.165, 1.54) is 57.8 Å². The zero-order chi connectivity index (χ0) is 47.9. The average molecular weight is 915 g/mol. The maximum absolute atomic E-state index is 12.8. The van der Waals surface area contributed by atoms with Crippen molar-refractivity contribution < 1.29 is 28.6 Å². The van der Waals surface area contributed by atoms with Crippen LogP contribution >= 0.6 is 0 Å². The first-order chi connectivity index (χ1) is 32.5. The zero-order valence-corrected chi connectivity index (χ0v) is 42.7. The highest BCUT2D eigenvalue weighted by atomic mass is 16.6. The standard InChI is InChI=1S/C60H98O6/c1-4-7-10-13-16-19-22-25-28-30-33-35-38-41-44-47-50-53-59(62)65-56-57(55-64-58(61)52-49-46-43-40-37-34-31-27-24-21-18-15-12-9-6-3)66-60(63)54-51-48-45-42-39-36-32-29-26-23-20-17-14-11-8-5-2/h7,10,16,18-21,23,25,27-29,31-33,35,41,44,57H,4-6,8-9,11-15,17,22,24,26,30,34,36-40,42-43,45-56H2,1-3H3/b10-7-,19-16-,21-18-,23-20-,28-25-,31-27-,32-29-,35-33-,44-41-. The molecule has 1 atom stereocenters. The lowest BCUT2D eigenvalue weighted by Gasteiger charge is -2.18. The molecule has 6 heteroatoms. The van der Waals surface area contributed by atoms with E-state index in [4.69, 9.17) is 14.2 Å².